The third-order valence-corrected chi connectivity index (χ3v) is 4.37. The Morgan fingerprint density at radius 2 is 1.45 bits per heavy atom. The largest absolute Gasteiger partial charge is 0.292 e. The van der Waals surface area contributed by atoms with Crippen molar-refractivity contribution >= 4 is 10.8 Å². The Morgan fingerprint density at radius 1 is 0.727 bits per heavy atom. The maximum absolute atomic E-state index is 2.47. The first kappa shape index (κ1) is 13.3. The molecule has 1 aliphatic heterocycles. The normalized spacial score (nSPS) is 14.7. The molecule has 0 amide bonds. The van der Waals surface area contributed by atoms with E-state index in [1.54, 1.807) is 0 Å². The molecule has 0 atom stereocenters. The first-order valence-electron chi connectivity index (χ1n) is 7.85. The van der Waals surface area contributed by atoms with Crippen LogP contribution in [0.1, 0.15) is 5.56 Å². The van der Waals surface area contributed by atoms with E-state index in [9.17, 15) is 0 Å². The molecule has 0 unspecified atom stereocenters. The van der Waals surface area contributed by atoms with E-state index in [1.165, 1.54) is 27.5 Å². The summed E-state index contributed by atoms with van der Waals surface area (Å²) in [7, 11) is 0. The molecule has 0 fully saturated rings. The highest BCUT2D eigenvalue weighted by Crippen LogP contribution is 2.33. The molecule has 22 heavy (non-hydrogen) atoms. The van der Waals surface area contributed by atoms with Crippen molar-refractivity contribution in [2.45, 2.75) is 6.54 Å². The van der Waals surface area contributed by atoms with E-state index >= 15 is 0 Å². The van der Waals surface area contributed by atoms with Crippen LogP contribution in [0.3, 0.4) is 0 Å². The zero-order valence-electron chi connectivity index (χ0n) is 12.6. The monoisotopic (exact) mass is 285 g/mol. The molecule has 0 aliphatic carbocycles. The molecule has 0 saturated heterocycles. The highest BCUT2D eigenvalue weighted by molar-refractivity contribution is 5.98. The Hall–Kier alpha value is -2.38. The van der Waals surface area contributed by atoms with Gasteiger partial charge in [0.2, 0.25) is 0 Å². The molecule has 3 aromatic carbocycles. The molecule has 3 aromatic rings. The van der Waals surface area contributed by atoms with E-state index in [1.807, 2.05) is 0 Å². The van der Waals surface area contributed by atoms with Crippen LogP contribution in [0.4, 0.5) is 0 Å². The minimum atomic E-state index is 1.00. The Kier molecular flexibility index (Phi) is 3.49. The van der Waals surface area contributed by atoms with Crippen LogP contribution >= 0.6 is 0 Å². The van der Waals surface area contributed by atoms with Gasteiger partial charge in [-0.1, -0.05) is 78.9 Å². The van der Waals surface area contributed by atoms with Gasteiger partial charge in [-0.2, -0.15) is 0 Å². The molecular weight excluding hydrogens is 266 g/mol. The van der Waals surface area contributed by atoms with Gasteiger partial charge in [0.25, 0.3) is 0 Å². The molecule has 1 aliphatic rings. The summed E-state index contributed by atoms with van der Waals surface area (Å²) in [6.45, 7) is 3.12. The lowest BCUT2D eigenvalue weighted by Crippen LogP contribution is -2.19. The van der Waals surface area contributed by atoms with E-state index in [-0.39, 0.29) is 0 Å². The fraction of sp³-hybridized carbons (Fsp3) is 0.143. The SMILES string of the molecule is C1=CCN(Cc2ccc3ccccc3c2-c2ccccc2)C1. The van der Waals surface area contributed by atoms with Crippen LogP contribution in [0.2, 0.25) is 0 Å². The Morgan fingerprint density at radius 3 is 2.27 bits per heavy atom. The summed E-state index contributed by atoms with van der Waals surface area (Å²) in [4.78, 5) is 2.47. The second-order valence-corrected chi connectivity index (χ2v) is 5.85. The lowest BCUT2D eigenvalue weighted by atomic mass is 9.93. The van der Waals surface area contributed by atoms with Crippen molar-refractivity contribution in [2.75, 3.05) is 13.1 Å². The highest BCUT2D eigenvalue weighted by Gasteiger charge is 2.13. The van der Waals surface area contributed by atoms with E-state index < -0.39 is 0 Å². The second-order valence-electron chi connectivity index (χ2n) is 5.85. The quantitative estimate of drug-likeness (QED) is 0.620. The smallest absolute Gasteiger partial charge is 0.0246 e. The maximum atomic E-state index is 2.47. The number of rotatable bonds is 3. The van der Waals surface area contributed by atoms with Crippen molar-refractivity contribution in [1.82, 2.24) is 4.90 Å². The third-order valence-electron chi connectivity index (χ3n) is 4.37. The fourth-order valence-corrected chi connectivity index (χ4v) is 3.29. The standard InChI is InChI=1S/C21H19N/c1-2-9-18(10-3-1)21-19(16-22-14-6-7-15-22)13-12-17-8-4-5-11-20(17)21/h1-13H,14-16H2. The van der Waals surface area contributed by atoms with Crippen molar-refractivity contribution < 1.29 is 0 Å². The molecule has 1 nitrogen and oxygen atoms in total. The topological polar surface area (TPSA) is 3.24 Å². The van der Waals surface area contributed by atoms with Crippen molar-refractivity contribution in [1.29, 1.82) is 0 Å². The molecule has 0 radical (unpaired) electrons. The summed E-state index contributed by atoms with van der Waals surface area (Å²) in [5.41, 5.74) is 4.10. The van der Waals surface area contributed by atoms with Gasteiger partial charge in [-0.3, -0.25) is 4.90 Å². The number of fused-ring (bicyclic) bond motifs is 1. The predicted molar refractivity (Wildman–Crippen MR) is 93.8 cm³/mol. The van der Waals surface area contributed by atoms with Crippen molar-refractivity contribution in [3.05, 3.63) is 84.4 Å². The second kappa shape index (κ2) is 5.78. The van der Waals surface area contributed by atoms with Crippen LogP contribution in [-0.4, -0.2) is 18.0 Å². The molecule has 4 rings (SSSR count). The van der Waals surface area contributed by atoms with Crippen LogP contribution < -0.4 is 0 Å². The number of hydrogen-bond donors (Lipinski definition) is 0. The average Bonchev–Trinajstić information content (AvgIpc) is 3.08. The summed E-state index contributed by atoms with van der Waals surface area (Å²) in [5.74, 6) is 0. The van der Waals surface area contributed by atoms with Gasteiger partial charge in [-0.15, -0.1) is 0 Å². The summed E-state index contributed by atoms with van der Waals surface area (Å²) in [6, 6.07) is 24.0. The first-order valence-corrected chi connectivity index (χ1v) is 7.85. The van der Waals surface area contributed by atoms with E-state index in [0.29, 0.717) is 0 Å². The van der Waals surface area contributed by atoms with E-state index in [4.69, 9.17) is 0 Å². The van der Waals surface area contributed by atoms with Gasteiger partial charge in [-0.05, 0) is 27.5 Å². The Bertz CT molecular complexity index is 810. The number of nitrogens with zero attached hydrogens (tertiary/aromatic N) is 1. The fourth-order valence-electron chi connectivity index (χ4n) is 3.29. The molecule has 0 spiro atoms. The summed E-state index contributed by atoms with van der Waals surface area (Å²) in [5, 5.41) is 2.66. The molecule has 1 heteroatoms. The summed E-state index contributed by atoms with van der Waals surface area (Å²) >= 11 is 0. The zero-order chi connectivity index (χ0) is 14.8. The van der Waals surface area contributed by atoms with Gasteiger partial charge in [0, 0.05) is 19.6 Å². The van der Waals surface area contributed by atoms with Crippen molar-refractivity contribution in [2.24, 2.45) is 0 Å². The molecule has 1 heterocycles. The van der Waals surface area contributed by atoms with Gasteiger partial charge in [0.05, 0.1) is 0 Å². The predicted octanol–water partition coefficient (Wildman–Crippen LogP) is 4.88. The lowest BCUT2D eigenvalue weighted by molar-refractivity contribution is 0.346. The average molecular weight is 285 g/mol. The van der Waals surface area contributed by atoms with Crippen molar-refractivity contribution in [3.63, 3.8) is 0 Å². The van der Waals surface area contributed by atoms with Gasteiger partial charge in [0.1, 0.15) is 0 Å². The maximum Gasteiger partial charge on any atom is 0.0246 e. The van der Waals surface area contributed by atoms with Gasteiger partial charge in [-0.25, -0.2) is 0 Å². The van der Waals surface area contributed by atoms with Crippen LogP contribution in [-0.2, 0) is 6.54 Å². The molecule has 0 bridgehead atoms. The lowest BCUT2D eigenvalue weighted by Gasteiger charge is -2.19. The molecular formula is C21H19N. The number of hydrogen-bond acceptors (Lipinski definition) is 1. The minimum Gasteiger partial charge on any atom is -0.292 e. The molecule has 0 aromatic heterocycles. The first-order chi connectivity index (χ1) is 10.9. The third kappa shape index (κ3) is 2.44. The van der Waals surface area contributed by atoms with E-state index in [2.05, 4.69) is 83.8 Å². The molecule has 0 saturated carbocycles. The molecule has 0 N–H and O–H groups in total. The van der Waals surface area contributed by atoms with Crippen LogP contribution in [0.15, 0.2) is 78.9 Å². The summed E-state index contributed by atoms with van der Waals surface area (Å²) in [6.07, 6.45) is 4.51. The van der Waals surface area contributed by atoms with Gasteiger partial charge < -0.3 is 0 Å². The van der Waals surface area contributed by atoms with Crippen LogP contribution in [0.5, 0.6) is 0 Å². The Balaban J connectivity index is 1.88. The van der Waals surface area contributed by atoms with Crippen molar-refractivity contribution in [3.8, 4) is 11.1 Å². The minimum absolute atomic E-state index is 1.00. The zero-order valence-corrected chi connectivity index (χ0v) is 12.6. The van der Waals surface area contributed by atoms with Gasteiger partial charge >= 0.3 is 0 Å². The van der Waals surface area contributed by atoms with Gasteiger partial charge in [0.15, 0.2) is 0 Å². The summed E-state index contributed by atoms with van der Waals surface area (Å²) < 4.78 is 0. The number of benzene rings is 3. The highest BCUT2D eigenvalue weighted by atomic mass is 15.1. The van der Waals surface area contributed by atoms with Crippen LogP contribution in [0, 0.1) is 0 Å². The molecule has 108 valence electrons. The Labute approximate surface area is 131 Å². The van der Waals surface area contributed by atoms with E-state index in [0.717, 1.165) is 19.6 Å². The van der Waals surface area contributed by atoms with Crippen LogP contribution in [0.25, 0.3) is 21.9 Å².